The molecule has 0 atom stereocenters. The van der Waals surface area contributed by atoms with Crippen molar-refractivity contribution < 1.29 is 4.79 Å². The van der Waals surface area contributed by atoms with Gasteiger partial charge in [-0.15, -0.1) is 0 Å². The van der Waals surface area contributed by atoms with Gasteiger partial charge in [0.25, 0.3) is 5.91 Å². The van der Waals surface area contributed by atoms with Crippen molar-refractivity contribution in [2.45, 2.75) is 12.8 Å². The van der Waals surface area contributed by atoms with Crippen LogP contribution in [0, 0.1) is 0 Å². The van der Waals surface area contributed by atoms with Gasteiger partial charge in [-0.2, -0.15) is 5.10 Å². The summed E-state index contributed by atoms with van der Waals surface area (Å²) in [5.74, 6) is 1.04. The third-order valence-electron chi connectivity index (χ3n) is 4.05. The maximum Gasteiger partial charge on any atom is 0.274 e. The number of carbonyl (C=O) groups is 1. The summed E-state index contributed by atoms with van der Waals surface area (Å²) in [4.78, 5) is 27.5. The zero-order valence-corrected chi connectivity index (χ0v) is 13.5. The molecule has 0 radical (unpaired) electrons. The Hall–Kier alpha value is -3.29. The third kappa shape index (κ3) is 3.18. The fourth-order valence-corrected chi connectivity index (χ4v) is 2.86. The van der Waals surface area contributed by atoms with E-state index in [-0.39, 0.29) is 5.91 Å². The molecule has 1 amide bonds. The van der Waals surface area contributed by atoms with Gasteiger partial charge in [0.05, 0.1) is 6.20 Å². The molecule has 3 aromatic rings. The van der Waals surface area contributed by atoms with Crippen LogP contribution < -0.4 is 10.2 Å². The summed E-state index contributed by atoms with van der Waals surface area (Å²) in [6, 6.07) is 7.05. The number of nitrogens with zero attached hydrogens (tertiary/aromatic N) is 6. The van der Waals surface area contributed by atoms with E-state index in [1.807, 2.05) is 0 Å². The average Bonchev–Trinajstić information content (AvgIpc) is 3.36. The number of rotatable bonds is 4. The highest BCUT2D eigenvalue weighted by atomic mass is 16.1. The van der Waals surface area contributed by atoms with Gasteiger partial charge in [0.2, 0.25) is 0 Å². The Morgan fingerprint density at radius 1 is 1.16 bits per heavy atom. The summed E-state index contributed by atoms with van der Waals surface area (Å²) in [6.45, 7) is 1.87. The van der Waals surface area contributed by atoms with Crippen molar-refractivity contribution in [3.8, 4) is 5.82 Å². The minimum Gasteiger partial charge on any atom is -0.355 e. The molecule has 126 valence electrons. The highest BCUT2D eigenvalue weighted by Gasteiger charge is 2.19. The predicted octanol–water partition coefficient (Wildman–Crippen LogP) is 1.91. The monoisotopic (exact) mass is 335 g/mol. The number of pyridine rings is 1. The van der Waals surface area contributed by atoms with E-state index in [1.165, 1.54) is 6.33 Å². The number of nitrogens with one attached hydrogen (secondary N) is 1. The number of carbonyl (C=O) groups excluding carboxylic acids is 1. The van der Waals surface area contributed by atoms with Gasteiger partial charge in [-0.05, 0) is 31.0 Å². The van der Waals surface area contributed by atoms with Crippen LogP contribution in [0.2, 0.25) is 0 Å². The van der Waals surface area contributed by atoms with Gasteiger partial charge >= 0.3 is 0 Å². The normalized spacial score (nSPS) is 13.8. The van der Waals surface area contributed by atoms with Gasteiger partial charge in [-0.1, -0.05) is 6.07 Å². The maximum absolute atomic E-state index is 12.6. The lowest BCUT2D eigenvalue weighted by Gasteiger charge is -2.19. The van der Waals surface area contributed by atoms with Crippen LogP contribution in [0.3, 0.4) is 0 Å². The van der Waals surface area contributed by atoms with Crippen molar-refractivity contribution in [1.82, 2.24) is 24.7 Å². The van der Waals surface area contributed by atoms with Crippen LogP contribution in [-0.2, 0) is 0 Å². The molecule has 0 bridgehead atoms. The van der Waals surface area contributed by atoms with Crippen LogP contribution in [0.1, 0.15) is 23.3 Å². The van der Waals surface area contributed by atoms with Gasteiger partial charge in [0.15, 0.2) is 11.6 Å². The Kier molecular flexibility index (Phi) is 4.07. The van der Waals surface area contributed by atoms with E-state index >= 15 is 0 Å². The quantitative estimate of drug-likeness (QED) is 0.783. The second-order valence-corrected chi connectivity index (χ2v) is 5.74. The zero-order valence-electron chi connectivity index (χ0n) is 13.5. The van der Waals surface area contributed by atoms with Crippen molar-refractivity contribution in [3.63, 3.8) is 0 Å². The molecule has 1 saturated heterocycles. The first-order valence-electron chi connectivity index (χ1n) is 8.14. The highest BCUT2D eigenvalue weighted by molar-refractivity contribution is 6.04. The van der Waals surface area contributed by atoms with Crippen molar-refractivity contribution in [2.75, 3.05) is 23.3 Å². The molecule has 1 fully saturated rings. The zero-order chi connectivity index (χ0) is 17.1. The average molecular weight is 335 g/mol. The van der Waals surface area contributed by atoms with E-state index in [9.17, 15) is 4.79 Å². The molecule has 1 N–H and O–H groups in total. The predicted molar refractivity (Wildman–Crippen MR) is 92.8 cm³/mol. The first kappa shape index (κ1) is 15.3. The number of hydrogen-bond donors (Lipinski definition) is 1. The first-order chi connectivity index (χ1) is 12.3. The van der Waals surface area contributed by atoms with E-state index in [0.717, 1.165) is 31.7 Å². The molecule has 25 heavy (non-hydrogen) atoms. The Balaban J connectivity index is 1.58. The van der Waals surface area contributed by atoms with Gasteiger partial charge in [0.1, 0.15) is 17.7 Å². The lowest BCUT2D eigenvalue weighted by atomic mass is 10.3. The maximum atomic E-state index is 12.6. The van der Waals surface area contributed by atoms with Crippen LogP contribution in [-0.4, -0.2) is 43.7 Å². The molecular weight excluding hydrogens is 318 g/mol. The van der Waals surface area contributed by atoms with E-state index in [2.05, 4.69) is 30.3 Å². The second-order valence-electron chi connectivity index (χ2n) is 5.74. The lowest BCUT2D eigenvalue weighted by Crippen LogP contribution is -2.23. The van der Waals surface area contributed by atoms with Crippen molar-refractivity contribution in [2.24, 2.45) is 0 Å². The SMILES string of the molecule is O=C(Nc1cncnc1N1CCCC1)c1cccc(-n2cccn2)n1. The summed E-state index contributed by atoms with van der Waals surface area (Å²) in [6.07, 6.45) is 8.82. The molecule has 0 aliphatic carbocycles. The smallest absolute Gasteiger partial charge is 0.274 e. The van der Waals surface area contributed by atoms with Crippen LogP contribution in [0.15, 0.2) is 49.2 Å². The molecule has 0 spiro atoms. The summed E-state index contributed by atoms with van der Waals surface area (Å²) in [5, 5.41) is 7.01. The van der Waals surface area contributed by atoms with Crippen molar-refractivity contribution in [3.05, 3.63) is 54.9 Å². The summed E-state index contributed by atoms with van der Waals surface area (Å²) < 4.78 is 1.61. The Morgan fingerprint density at radius 2 is 2.04 bits per heavy atom. The molecule has 8 nitrogen and oxygen atoms in total. The molecule has 0 aromatic carbocycles. The molecule has 1 aliphatic heterocycles. The second kappa shape index (κ2) is 6.68. The topological polar surface area (TPSA) is 88.8 Å². The fourth-order valence-electron chi connectivity index (χ4n) is 2.86. The Labute approximate surface area is 144 Å². The van der Waals surface area contributed by atoms with Crippen LogP contribution in [0.4, 0.5) is 11.5 Å². The fraction of sp³-hybridized carbons (Fsp3) is 0.235. The van der Waals surface area contributed by atoms with E-state index < -0.39 is 0 Å². The standard InChI is InChI=1S/C17H17N7O/c25-17(13-5-3-6-15(21-13)24-10-4-7-20-24)22-14-11-18-12-19-16(14)23-8-1-2-9-23/h3-7,10-12H,1-2,8-9H2,(H,22,25). The molecule has 0 saturated carbocycles. The number of hydrogen-bond acceptors (Lipinski definition) is 6. The molecule has 4 heterocycles. The van der Waals surface area contributed by atoms with E-state index in [4.69, 9.17) is 0 Å². The van der Waals surface area contributed by atoms with Crippen LogP contribution in [0.5, 0.6) is 0 Å². The summed E-state index contributed by atoms with van der Waals surface area (Å²) in [7, 11) is 0. The minimum absolute atomic E-state index is 0.302. The third-order valence-corrected chi connectivity index (χ3v) is 4.05. The molecular formula is C17H17N7O. The van der Waals surface area contributed by atoms with Crippen molar-refractivity contribution in [1.29, 1.82) is 0 Å². The van der Waals surface area contributed by atoms with E-state index in [1.54, 1.807) is 47.5 Å². The molecule has 8 heteroatoms. The highest BCUT2D eigenvalue weighted by Crippen LogP contribution is 2.25. The summed E-state index contributed by atoms with van der Waals surface area (Å²) >= 11 is 0. The van der Waals surface area contributed by atoms with Gasteiger partial charge < -0.3 is 10.2 Å². The van der Waals surface area contributed by atoms with Gasteiger partial charge in [0, 0.05) is 25.5 Å². The van der Waals surface area contributed by atoms with Gasteiger partial charge in [-0.25, -0.2) is 19.6 Å². The Morgan fingerprint density at radius 3 is 2.84 bits per heavy atom. The van der Waals surface area contributed by atoms with E-state index in [0.29, 0.717) is 17.2 Å². The lowest BCUT2D eigenvalue weighted by molar-refractivity contribution is 0.102. The largest absolute Gasteiger partial charge is 0.355 e. The van der Waals surface area contributed by atoms with Gasteiger partial charge in [-0.3, -0.25) is 4.79 Å². The number of anilines is 2. The number of aromatic nitrogens is 5. The molecule has 4 rings (SSSR count). The van der Waals surface area contributed by atoms with Crippen molar-refractivity contribution >= 4 is 17.4 Å². The van der Waals surface area contributed by atoms with Crippen LogP contribution >= 0.6 is 0 Å². The number of amides is 1. The first-order valence-corrected chi connectivity index (χ1v) is 8.14. The molecule has 1 aliphatic rings. The van der Waals surface area contributed by atoms with Crippen LogP contribution in [0.25, 0.3) is 5.82 Å². The molecule has 3 aromatic heterocycles. The summed E-state index contributed by atoms with van der Waals surface area (Å²) in [5.41, 5.74) is 0.907. The Bertz CT molecular complexity index is 872. The minimum atomic E-state index is -0.302. The molecule has 0 unspecified atom stereocenters.